The van der Waals surface area contributed by atoms with Gasteiger partial charge in [0, 0.05) is 21.8 Å². The van der Waals surface area contributed by atoms with Crippen LogP contribution in [0.25, 0.3) is 6.08 Å². The van der Waals surface area contributed by atoms with Crippen LogP contribution in [0.2, 0.25) is 5.02 Å². The van der Waals surface area contributed by atoms with Crippen LogP contribution < -0.4 is 0 Å². The summed E-state index contributed by atoms with van der Waals surface area (Å²) in [4.78, 5) is 0. The van der Waals surface area contributed by atoms with Crippen LogP contribution in [0.3, 0.4) is 0 Å². The molecule has 0 aliphatic carbocycles. The Morgan fingerprint density at radius 3 is 2.62 bits per heavy atom. The summed E-state index contributed by atoms with van der Waals surface area (Å²) in [5.41, 5.74) is 1.73. The minimum Gasteiger partial charge on any atom is -0.206 e. The summed E-state index contributed by atoms with van der Waals surface area (Å²) in [6.07, 6.45) is 6.06. The lowest BCUT2D eigenvalue weighted by Gasteiger charge is -2.16. The molecule has 0 amide bonds. The van der Waals surface area contributed by atoms with Crippen molar-refractivity contribution in [1.82, 2.24) is 0 Å². The Labute approximate surface area is 133 Å². The second kappa shape index (κ2) is 6.50. The maximum atomic E-state index is 13.7. The summed E-state index contributed by atoms with van der Waals surface area (Å²) in [6, 6.07) is 14.7. The zero-order valence-electron chi connectivity index (χ0n) is 11.2. The van der Waals surface area contributed by atoms with Gasteiger partial charge in [0.2, 0.25) is 0 Å². The highest BCUT2D eigenvalue weighted by Crippen LogP contribution is 2.40. The third kappa shape index (κ3) is 3.22. The number of hydrogen-bond donors (Lipinski definition) is 0. The standard InChI is InChI=1S/C18H14ClFS/c19-16-7-3-2-6-14(16)15-11-12-21-18(15)10-9-13-5-1-4-8-17(13)20/h1-12,15,18H. The SMILES string of the molecule is Fc1ccccc1C=CC1SC=CC1c1ccccc1Cl. The molecule has 2 aromatic rings. The van der Waals surface area contributed by atoms with E-state index in [1.165, 1.54) is 6.07 Å². The van der Waals surface area contributed by atoms with Crippen molar-refractivity contribution >= 4 is 29.4 Å². The van der Waals surface area contributed by atoms with Crippen molar-refractivity contribution in [2.45, 2.75) is 11.2 Å². The molecule has 3 rings (SSSR count). The van der Waals surface area contributed by atoms with Crippen molar-refractivity contribution in [3.8, 4) is 0 Å². The van der Waals surface area contributed by atoms with Crippen LogP contribution >= 0.6 is 23.4 Å². The molecule has 1 aliphatic rings. The predicted molar refractivity (Wildman–Crippen MR) is 90.1 cm³/mol. The monoisotopic (exact) mass is 316 g/mol. The molecule has 0 N–H and O–H groups in total. The first-order chi connectivity index (χ1) is 10.3. The molecule has 0 radical (unpaired) electrons. The second-order valence-corrected chi connectivity index (χ2v) is 6.35. The Morgan fingerprint density at radius 1 is 1.05 bits per heavy atom. The van der Waals surface area contributed by atoms with Gasteiger partial charge in [-0.2, -0.15) is 0 Å². The largest absolute Gasteiger partial charge is 0.206 e. The van der Waals surface area contributed by atoms with E-state index in [2.05, 4.69) is 17.6 Å². The third-order valence-electron chi connectivity index (χ3n) is 3.51. The number of halogens is 2. The summed E-state index contributed by atoms with van der Waals surface area (Å²) in [5.74, 6) is 0.0331. The van der Waals surface area contributed by atoms with Crippen molar-refractivity contribution in [2.24, 2.45) is 0 Å². The molecule has 3 heteroatoms. The first-order valence-electron chi connectivity index (χ1n) is 6.75. The number of allylic oxidation sites excluding steroid dienone is 1. The van der Waals surface area contributed by atoms with Gasteiger partial charge in [0.25, 0.3) is 0 Å². The first kappa shape index (κ1) is 14.4. The molecule has 0 fully saturated rings. The summed E-state index contributed by atoms with van der Waals surface area (Å²) < 4.78 is 13.7. The molecule has 2 atom stereocenters. The smallest absolute Gasteiger partial charge is 0.130 e. The second-order valence-electron chi connectivity index (χ2n) is 4.86. The van der Waals surface area contributed by atoms with E-state index < -0.39 is 0 Å². The van der Waals surface area contributed by atoms with Gasteiger partial charge < -0.3 is 0 Å². The topological polar surface area (TPSA) is 0 Å². The molecule has 0 nitrogen and oxygen atoms in total. The van der Waals surface area contributed by atoms with Gasteiger partial charge in [-0.25, -0.2) is 4.39 Å². The Balaban J connectivity index is 1.83. The normalized spacial score (nSPS) is 21.2. The zero-order valence-corrected chi connectivity index (χ0v) is 12.8. The van der Waals surface area contributed by atoms with Crippen LogP contribution in [-0.4, -0.2) is 5.25 Å². The molecule has 2 aromatic carbocycles. The van der Waals surface area contributed by atoms with E-state index in [0.717, 1.165) is 10.6 Å². The lowest BCUT2D eigenvalue weighted by atomic mass is 9.95. The zero-order chi connectivity index (χ0) is 14.7. The fourth-order valence-corrected chi connectivity index (χ4v) is 3.69. The van der Waals surface area contributed by atoms with E-state index in [1.54, 1.807) is 23.9 Å². The molecule has 2 unspecified atom stereocenters. The van der Waals surface area contributed by atoms with Crippen LogP contribution in [-0.2, 0) is 0 Å². The molecule has 0 bridgehead atoms. The van der Waals surface area contributed by atoms with Gasteiger partial charge >= 0.3 is 0 Å². The number of rotatable bonds is 3. The molecule has 1 heterocycles. The Bertz CT molecular complexity index is 693. The van der Waals surface area contributed by atoms with Gasteiger partial charge in [0.05, 0.1) is 0 Å². The fourth-order valence-electron chi connectivity index (χ4n) is 2.41. The molecule has 0 saturated carbocycles. The van der Waals surface area contributed by atoms with Crippen molar-refractivity contribution in [3.63, 3.8) is 0 Å². The third-order valence-corrected chi connectivity index (χ3v) is 4.93. The Morgan fingerprint density at radius 2 is 1.81 bits per heavy atom. The first-order valence-corrected chi connectivity index (χ1v) is 8.07. The van der Waals surface area contributed by atoms with E-state index in [1.807, 2.05) is 36.4 Å². The summed E-state index contributed by atoms with van der Waals surface area (Å²) in [6.45, 7) is 0. The maximum absolute atomic E-state index is 13.7. The van der Waals surface area contributed by atoms with Crippen LogP contribution in [0.15, 0.2) is 66.1 Å². The molecular formula is C18H14ClFS. The molecular weight excluding hydrogens is 303 g/mol. The molecule has 106 valence electrons. The number of benzene rings is 2. The van der Waals surface area contributed by atoms with Crippen molar-refractivity contribution in [1.29, 1.82) is 0 Å². The molecule has 1 aliphatic heterocycles. The minimum atomic E-state index is -0.195. The Hall–Kier alpha value is -1.51. The van der Waals surface area contributed by atoms with E-state index in [4.69, 9.17) is 11.6 Å². The van der Waals surface area contributed by atoms with Crippen molar-refractivity contribution in [2.75, 3.05) is 0 Å². The summed E-state index contributed by atoms with van der Waals surface area (Å²) >= 11 is 8.02. The van der Waals surface area contributed by atoms with E-state index in [-0.39, 0.29) is 17.0 Å². The van der Waals surface area contributed by atoms with Gasteiger partial charge in [-0.15, -0.1) is 11.8 Å². The molecule has 0 aromatic heterocycles. The van der Waals surface area contributed by atoms with Gasteiger partial charge in [-0.3, -0.25) is 0 Å². The van der Waals surface area contributed by atoms with Crippen molar-refractivity contribution < 1.29 is 4.39 Å². The highest BCUT2D eigenvalue weighted by molar-refractivity contribution is 8.03. The van der Waals surface area contributed by atoms with E-state index >= 15 is 0 Å². The van der Waals surface area contributed by atoms with Crippen LogP contribution in [0, 0.1) is 5.82 Å². The van der Waals surface area contributed by atoms with Crippen molar-refractivity contribution in [3.05, 3.63) is 88.1 Å². The van der Waals surface area contributed by atoms with Crippen LogP contribution in [0.5, 0.6) is 0 Å². The number of hydrogen-bond acceptors (Lipinski definition) is 1. The Kier molecular flexibility index (Phi) is 4.47. The van der Waals surface area contributed by atoms with Gasteiger partial charge in [-0.1, -0.05) is 66.2 Å². The van der Waals surface area contributed by atoms with Gasteiger partial charge in [0.15, 0.2) is 0 Å². The summed E-state index contributed by atoms with van der Waals surface area (Å²) in [7, 11) is 0. The summed E-state index contributed by atoms with van der Waals surface area (Å²) in [5, 5.41) is 3.10. The van der Waals surface area contributed by atoms with Crippen LogP contribution in [0.4, 0.5) is 4.39 Å². The molecule has 0 saturated heterocycles. The highest BCUT2D eigenvalue weighted by Gasteiger charge is 2.24. The maximum Gasteiger partial charge on any atom is 0.130 e. The lowest BCUT2D eigenvalue weighted by molar-refractivity contribution is 0.625. The van der Waals surface area contributed by atoms with Crippen LogP contribution in [0.1, 0.15) is 17.0 Å². The molecule has 21 heavy (non-hydrogen) atoms. The lowest BCUT2D eigenvalue weighted by Crippen LogP contribution is -2.07. The number of thioether (sulfide) groups is 1. The average molecular weight is 317 g/mol. The molecule has 0 spiro atoms. The van der Waals surface area contributed by atoms with E-state index in [9.17, 15) is 4.39 Å². The minimum absolute atomic E-state index is 0.195. The van der Waals surface area contributed by atoms with E-state index in [0.29, 0.717) is 5.56 Å². The average Bonchev–Trinajstić information content (AvgIpc) is 2.95. The predicted octanol–water partition coefficient (Wildman–Crippen LogP) is 5.91. The quantitative estimate of drug-likeness (QED) is 0.678. The van der Waals surface area contributed by atoms with Gasteiger partial charge in [-0.05, 0) is 23.1 Å². The van der Waals surface area contributed by atoms with Gasteiger partial charge in [0.1, 0.15) is 5.82 Å². The fraction of sp³-hybridized carbons (Fsp3) is 0.111. The highest BCUT2D eigenvalue weighted by atomic mass is 35.5.